The number of hydrogen-bond acceptors (Lipinski definition) is 5. The zero-order valence-electron chi connectivity index (χ0n) is 21.2. The number of aliphatic hydroxyl groups is 1. The van der Waals surface area contributed by atoms with Crippen molar-refractivity contribution in [1.29, 1.82) is 0 Å². The Morgan fingerprint density at radius 1 is 1.26 bits per heavy atom. The second-order valence-corrected chi connectivity index (χ2v) is 9.58. The molecule has 198 valence electrons. The minimum Gasteiger partial charge on any atom is -0.484 e. The largest absolute Gasteiger partial charge is 0.484 e. The number of unbranched alkanes of at least 4 members (excludes halogenated alkanes) is 2. The number of aromatic nitrogens is 1. The van der Waals surface area contributed by atoms with Gasteiger partial charge in [-0.1, -0.05) is 31.9 Å². The highest BCUT2D eigenvalue weighted by atomic mass is 19.1. The van der Waals surface area contributed by atoms with Gasteiger partial charge in [0.25, 0.3) is 5.91 Å². The second-order valence-electron chi connectivity index (χ2n) is 9.58. The maximum absolute atomic E-state index is 14.6. The van der Waals surface area contributed by atoms with Crippen LogP contribution in [0.25, 0.3) is 10.9 Å². The molecule has 3 aromatic rings. The van der Waals surface area contributed by atoms with Gasteiger partial charge >= 0.3 is 6.09 Å². The minimum absolute atomic E-state index is 0.239. The zero-order valence-corrected chi connectivity index (χ0v) is 21.2. The predicted molar refractivity (Wildman–Crippen MR) is 140 cm³/mol. The average molecular weight is 520 g/mol. The standard InChI is InChI=1S/C29H30FN3O5/c1-3-5-6-13-37-29(36)31-20-9-7-18(8-10-20)26-28-22(11-12-32(26)25(35)4-2)23-14-19(30)15-24-27(23)33(28)16-21(17-34)38-24/h2,7-10,14-15,21,26,34H,3,5-6,11-13,16-17H2,1H3,(H,31,36)/t21?,26-/m0/s1. The summed E-state index contributed by atoms with van der Waals surface area (Å²) in [6.07, 6.45) is 7.80. The van der Waals surface area contributed by atoms with Gasteiger partial charge in [-0.15, -0.1) is 6.42 Å². The van der Waals surface area contributed by atoms with E-state index in [1.807, 2.05) is 16.7 Å². The number of carbonyl (C=O) groups is 2. The lowest BCUT2D eigenvalue weighted by molar-refractivity contribution is -0.127. The average Bonchev–Trinajstić information content (AvgIpc) is 3.24. The molecule has 2 atom stereocenters. The molecule has 9 heteroatoms. The molecule has 0 saturated carbocycles. The highest BCUT2D eigenvalue weighted by Crippen LogP contribution is 2.45. The molecule has 2 aliphatic rings. The molecule has 1 unspecified atom stereocenters. The first kappa shape index (κ1) is 25.6. The maximum Gasteiger partial charge on any atom is 0.411 e. The Morgan fingerprint density at radius 3 is 2.76 bits per heavy atom. The number of hydrogen-bond donors (Lipinski definition) is 2. The van der Waals surface area contributed by atoms with E-state index < -0.39 is 30.0 Å². The summed E-state index contributed by atoms with van der Waals surface area (Å²) >= 11 is 0. The van der Waals surface area contributed by atoms with E-state index in [-0.39, 0.29) is 6.61 Å². The van der Waals surface area contributed by atoms with Crippen molar-refractivity contribution in [2.45, 2.75) is 51.3 Å². The summed E-state index contributed by atoms with van der Waals surface area (Å²) in [5.74, 6) is 1.72. The third-order valence-corrected chi connectivity index (χ3v) is 7.13. The van der Waals surface area contributed by atoms with Crippen LogP contribution in [0.2, 0.25) is 0 Å². The highest BCUT2D eigenvalue weighted by molar-refractivity contribution is 5.95. The number of aliphatic hydroxyl groups excluding tert-OH is 1. The van der Waals surface area contributed by atoms with E-state index in [9.17, 15) is 19.1 Å². The molecule has 2 aromatic carbocycles. The lowest BCUT2D eigenvalue weighted by Gasteiger charge is -2.37. The SMILES string of the molecule is C#CC(=O)N1CCc2c(n3c4c(cc(F)cc24)OC(CO)C3)[C@@H]1c1ccc(NC(=O)OCCCCC)cc1. The smallest absolute Gasteiger partial charge is 0.411 e. The van der Waals surface area contributed by atoms with Crippen molar-refractivity contribution < 1.29 is 28.6 Å². The summed E-state index contributed by atoms with van der Waals surface area (Å²) in [5, 5.41) is 13.3. The molecule has 0 saturated heterocycles. The first-order valence-electron chi connectivity index (χ1n) is 12.9. The summed E-state index contributed by atoms with van der Waals surface area (Å²) in [6.45, 7) is 2.91. The summed E-state index contributed by atoms with van der Waals surface area (Å²) in [4.78, 5) is 26.6. The Balaban J connectivity index is 1.53. The van der Waals surface area contributed by atoms with Gasteiger partial charge in [0.2, 0.25) is 0 Å². The van der Waals surface area contributed by atoms with E-state index in [1.54, 1.807) is 17.0 Å². The molecule has 0 bridgehead atoms. The Morgan fingerprint density at radius 2 is 2.05 bits per heavy atom. The van der Waals surface area contributed by atoms with E-state index in [0.717, 1.165) is 47.0 Å². The number of carbonyl (C=O) groups excluding carboxylic acids is 2. The fraction of sp³-hybridized carbons (Fsp3) is 0.379. The van der Waals surface area contributed by atoms with Crippen molar-refractivity contribution in [1.82, 2.24) is 9.47 Å². The molecule has 2 amide bonds. The molecule has 38 heavy (non-hydrogen) atoms. The van der Waals surface area contributed by atoms with Gasteiger partial charge in [-0.3, -0.25) is 10.1 Å². The number of benzene rings is 2. The first-order chi connectivity index (χ1) is 18.4. The number of anilines is 1. The van der Waals surface area contributed by atoms with E-state index in [0.29, 0.717) is 37.6 Å². The first-order valence-corrected chi connectivity index (χ1v) is 12.9. The van der Waals surface area contributed by atoms with Crippen LogP contribution in [0.3, 0.4) is 0 Å². The Labute approximate surface area is 220 Å². The van der Waals surface area contributed by atoms with Crippen LogP contribution < -0.4 is 10.1 Å². The van der Waals surface area contributed by atoms with Crippen LogP contribution in [0.1, 0.15) is 49.0 Å². The number of amides is 2. The number of ether oxygens (including phenoxy) is 2. The molecule has 5 rings (SSSR count). The summed E-state index contributed by atoms with van der Waals surface area (Å²) < 4.78 is 27.7. The summed E-state index contributed by atoms with van der Waals surface area (Å²) in [7, 11) is 0. The topological polar surface area (TPSA) is 93.0 Å². The number of halogens is 1. The Hall–Kier alpha value is -4.03. The minimum atomic E-state index is -0.557. The van der Waals surface area contributed by atoms with Crippen LogP contribution in [0, 0.1) is 18.2 Å². The predicted octanol–water partition coefficient (Wildman–Crippen LogP) is 4.38. The Kier molecular flexibility index (Phi) is 7.25. The molecule has 2 aliphatic heterocycles. The van der Waals surface area contributed by atoms with Crippen LogP contribution in [-0.2, 0) is 22.5 Å². The van der Waals surface area contributed by atoms with Gasteiger partial charge in [0.05, 0.1) is 31.3 Å². The van der Waals surface area contributed by atoms with Gasteiger partial charge in [-0.25, -0.2) is 9.18 Å². The zero-order chi connectivity index (χ0) is 26.8. The van der Waals surface area contributed by atoms with Crippen molar-refractivity contribution in [2.24, 2.45) is 0 Å². The van der Waals surface area contributed by atoms with Crippen molar-refractivity contribution >= 4 is 28.6 Å². The molecule has 0 radical (unpaired) electrons. The molecule has 0 aliphatic carbocycles. The molecule has 2 N–H and O–H groups in total. The Bertz CT molecular complexity index is 1410. The van der Waals surface area contributed by atoms with Crippen LogP contribution in [0.4, 0.5) is 14.9 Å². The fourth-order valence-corrected chi connectivity index (χ4v) is 5.44. The number of nitrogens with zero attached hydrogens (tertiary/aromatic N) is 2. The molecular formula is C29H30FN3O5. The number of terminal acetylenes is 1. The maximum atomic E-state index is 14.6. The van der Waals surface area contributed by atoms with E-state index in [1.165, 1.54) is 12.1 Å². The van der Waals surface area contributed by atoms with Crippen LogP contribution in [-0.4, -0.2) is 52.4 Å². The van der Waals surface area contributed by atoms with Gasteiger partial charge in [-0.2, -0.15) is 0 Å². The van der Waals surface area contributed by atoms with Gasteiger partial charge in [0, 0.05) is 29.4 Å². The molecular weight excluding hydrogens is 489 g/mol. The third-order valence-electron chi connectivity index (χ3n) is 7.13. The van der Waals surface area contributed by atoms with Crippen molar-refractivity contribution in [3.8, 4) is 18.1 Å². The van der Waals surface area contributed by atoms with Gasteiger partial charge in [0.1, 0.15) is 17.7 Å². The monoisotopic (exact) mass is 519 g/mol. The van der Waals surface area contributed by atoms with Gasteiger partial charge in [-0.05, 0) is 48.1 Å². The second kappa shape index (κ2) is 10.8. The van der Waals surface area contributed by atoms with Crippen LogP contribution in [0.5, 0.6) is 5.75 Å². The highest BCUT2D eigenvalue weighted by Gasteiger charge is 2.39. The van der Waals surface area contributed by atoms with Gasteiger partial charge < -0.3 is 24.0 Å². The molecule has 0 spiro atoms. The molecule has 3 heterocycles. The van der Waals surface area contributed by atoms with E-state index >= 15 is 0 Å². The van der Waals surface area contributed by atoms with Crippen molar-refractivity contribution in [3.63, 3.8) is 0 Å². The van der Waals surface area contributed by atoms with Gasteiger partial charge in [0.15, 0.2) is 0 Å². The van der Waals surface area contributed by atoms with Crippen molar-refractivity contribution in [3.05, 3.63) is 59.0 Å². The lowest BCUT2D eigenvalue weighted by atomic mass is 9.92. The molecule has 0 fully saturated rings. The molecule has 1 aromatic heterocycles. The normalized spacial score (nSPS) is 17.9. The van der Waals surface area contributed by atoms with E-state index in [4.69, 9.17) is 15.9 Å². The van der Waals surface area contributed by atoms with Crippen LogP contribution in [0.15, 0.2) is 36.4 Å². The number of fused-ring (bicyclic) bond motifs is 3. The lowest BCUT2D eigenvalue weighted by Crippen LogP contribution is -2.41. The quantitative estimate of drug-likeness (QED) is 0.357. The number of nitrogens with one attached hydrogen (secondary N) is 1. The third kappa shape index (κ3) is 4.68. The number of rotatable bonds is 7. The summed E-state index contributed by atoms with van der Waals surface area (Å²) in [5.41, 5.74) is 3.82. The summed E-state index contributed by atoms with van der Waals surface area (Å²) in [6, 6.07) is 9.44. The molecule has 8 nitrogen and oxygen atoms in total. The van der Waals surface area contributed by atoms with E-state index in [2.05, 4.69) is 18.2 Å². The van der Waals surface area contributed by atoms with Crippen molar-refractivity contribution in [2.75, 3.05) is 25.1 Å². The fourth-order valence-electron chi connectivity index (χ4n) is 5.44. The van der Waals surface area contributed by atoms with Crippen LogP contribution >= 0.6 is 0 Å².